The van der Waals surface area contributed by atoms with Crippen LogP contribution >= 0.6 is 0 Å². The Morgan fingerprint density at radius 1 is 1.08 bits per heavy atom. The lowest BCUT2D eigenvalue weighted by molar-refractivity contribution is 0.0951. The van der Waals surface area contributed by atoms with E-state index in [-0.39, 0.29) is 11.5 Å². The zero-order valence-electron chi connectivity index (χ0n) is 14.1. The molecule has 6 nitrogen and oxygen atoms in total. The van der Waals surface area contributed by atoms with Crippen molar-refractivity contribution in [1.82, 2.24) is 19.9 Å². The fourth-order valence-electron chi connectivity index (χ4n) is 2.86. The molecule has 0 spiro atoms. The normalized spacial score (nSPS) is 11.0. The number of fused-ring (bicyclic) bond motifs is 2. The molecule has 0 aliphatic heterocycles. The van der Waals surface area contributed by atoms with Gasteiger partial charge in [-0.3, -0.25) is 14.6 Å². The molecular weight excluding hydrogens is 328 g/mol. The number of hydrogen-bond donors (Lipinski definition) is 1. The molecule has 0 saturated carbocycles. The molecule has 26 heavy (non-hydrogen) atoms. The number of aryl methyl sites for hydroxylation is 1. The lowest BCUT2D eigenvalue weighted by Crippen LogP contribution is -2.23. The molecule has 0 saturated heterocycles. The van der Waals surface area contributed by atoms with Crippen molar-refractivity contribution in [2.24, 2.45) is 7.05 Å². The first kappa shape index (κ1) is 16.0. The quantitative estimate of drug-likeness (QED) is 0.619. The first-order chi connectivity index (χ1) is 12.6. The van der Waals surface area contributed by atoms with E-state index in [1.165, 1.54) is 10.9 Å². The maximum Gasteiger partial charge on any atom is 0.260 e. The number of hydrogen-bond acceptors (Lipinski definition) is 4. The number of benzene rings is 2. The summed E-state index contributed by atoms with van der Waals surface area (Å²) >= 11 is 0. The SMILES string of the molecule is Cn1cnc2cc(C(=O)NCc3ccc4cccnc4c3)ccc2c1=O. The zero-order chi connectivity index (χ0) is 18.1. The van der Waals surface area contributed by atoms with Crippen LogP contribution in [0.2, 0.25) is 0 Å². The van der Waals surface area contributed by atoms with Crippen molar-refractivity contribution in [2.75, 3.05) is 0 Å². The molecule has 0 aliphatic carbocycles. The number of carbonyl (C=O) groups is 1. The molecule has 2 aromatic carbocycles. The second-order valence-corrected chi connectivity index (χ2v) is 6.11. The molecule has 128 valence electrons. The summed E-state index contributed by atoms with van der Waals surface area (Å²) in [7, 11) is 1.65. The minimum Gasteiger partial charge on any atom is -0.348 e. The molecule has 4 aromatic rings. The van der Waals surface area contributed by atoms with Crippen LogP contribution in [0, 0.1) is 0 Å². The highest BCUT2D eigenvalue weighted by atomic mass is 16.1. The van der Waals surface area contributed by atoms with Gasteiger partial charge >= 0.3 is 0 Å². The molecule has 0 fully saturated rings. The molecular formula is C20H16N4O2. The van der Waals surface area contributed by atoms with Gasteiger partial charge < -0.3 is 9.88 Å². The zero-order valence-corrected chi connectivity index (χ0v) is 14.1. The van der Waals surface area contributed by atoms with E-state index in [2.05, 4.69) is 15.3 Å². The number of aromatic nitrogens is 3. The minimum absolute atomic E-state index is 0.134. The Balaban J connectivity index is 1.54. The summed E-state index contributed by atoms with van der Waals surface area (Å²) in [6.45, 7) is 0.396. The van der Waals surface area contributed by atoms with Crippen molar-refractivity contribution < 1.29 is 4.79 Å². The van der Waals surface area contributed by atoms with Crippen molar-refractivity contribution in [3.63, 3.8) is 0 Å². The molecule has 0 atom stereocenters. The molecule has 1 amide bonds. The Morgan fingerprint density at radius 3 is 2.85 bits per heavy atom. The maximum absolute atomic E-state index is 12.4. The number of pyridine rings is 1. The van der Waals surface area contributed by atoms with Crippen molar-refractivity contribution in [3.05, 3.63) is 82.5 Å². The number of amides is 1. The van der Waals surface area contributed by atoms with E-state index in [1.807, 2.05) is 30.3 Å². The van der Waals surface area contributed by atoms with Crippen LogP contribution in [-0.4, -0.2) is 20.4 Å². The van der Waals surface area contributed by atoms with Gasteiger partial charge in [-0.1, -0.05) is 18.2 Å². The van der Waals surface area contributed by atoms with Gasteiger partial charge in [-0.25, -0.2) is 4.98 Å². The predicted molar refractivity (Wildman–Crippen MR) is 99.9 cm³/mol. The molecule has 2 aromatic heterocycles. The summed E-state index contributed by atoms with van der Waals surface area (Å²) in [5, 5.41) is 4.45. The van der Waals surface area contributed by atoms with Crippen LogP contribution in [0.25, 0.3) is 21.8 Å². The maximum atomic E-state index is 12.4. The fraction of sp³-hybridized carbons (Fsp3) is 0.100. The van der Waals surface area contributed by atoms with Crippen LogP contribution in [0.4, 0.5) is 0 Å². The molecule has 1 N–H and O–H groups in total. The summed E-state index contributed by atoms with van der Waals surface area (Å²) in [6, 6.07) is 14.7. The first-order valence-electron chi connectivity index (χ1n) is 8.19. The third-order valence-corrected chi connectivity index (χ3v) is 4.30. The second kappa shape index (κ2) is 6.40. The largest absolute Gasteiger partial charge is 0.348 e. The summed E-state index contributed by atoms with van der Waals surface area (Å²) in [5.41, 5.74) is 2.71. The first-order valence-corrected chi connectivity index (χ1v) is 8.19. The van der Waals surface area contributed by atoms with Crippen LogP contribution in [0.3, 0.4) is 0 Å². The van der Waals surface area contributed by atoms with E-state index < -0.39 is 0 Å². The van der Waals surface area contributed by atoms with Gasteiger partial charge in [0.25, 0.3) is 11.5 Å². The number of rotatable bonds is 3. The van der Waals surface area contributed by atoms with Gasteiger partial charge in [-0.05, 0) is 35.9 Å². The number of nitrogens with zero attached hydrogens (tertiary/aromatic N) is 3. The molecule has 6 heteroatoms. The Labute approximate surface area is 149 Å². The van der Waals surface area contributed by atoms with Crippen LogP contribution in [0.1, 0.15) is 15.9 Å². The minimum atomic E-state index is -0.213. The third kappa shape index (κ3) is 2.93. The van der Waals surface area contributed by atoms with Crippen molar-refractivity contribution in [3.8, 4) is 0 Å². The van der Waals surface area contributed by atoms with Crippen LogP contribution in [0.5, 0.6) is 0 Å². The summed E-state index contributed by atoms with van der Waals surface area (Å²) in [6.07, 6.45) is 3.20. The highest BCUT2D eigenvalue weighted by Crippen LogP contribution is 2.14. The van der Waals surface area contributed by atoms with Gasteiger partial charge in [0.05, 0.1) is 22.7 Å². The van der Waals surface area contributed by atoms with E-state index >= 15 is 0 Å². The smallest absolute Gasteiger partial charge is 0.260 e. The Hall–Kier alpha value is -3.54. The molecule has 0 bridgehead atoms. The predicted octanol–water partition coefficient (Wildman–Crippen LogP) is 2.41. The van der Waals surface area contributed by atoms with E-state index in [9.17, 15) is 9.59 Å². The van der Waals surface area contributed by atoms with Gasteiger partial charge in [0.1, 0.15) is 0 Å². The second-order valence-electron chi connectivity index (χ2n) is 6.11. The highest BCUT2D eigenvalue weighted by Gasteiger charge is 2.09. The van der Waals surface area contributed by atoms with Crippen LogP contribution < -0.4 is 10.9 Å². The lowest BCUT2D eigenvalue weighted by Gasteiger charge is -2.07. The van der Waals surface area contributed by atoms with E-state index in [0.29, 0.717) is 23.0 Å². The van der Waals surface area contributed by atoms with Gasteiger partial charge in [0.15, 0.2) is 0 Å². The molecule has 0 radical (unpaired) electrons. The average molecular weight is 344 g/mol. The van der Waals surface area contributed by atoms with Gasteiger partial charge in [0.2, 0.25) is 0 Å². The van der Waals surface area contributed by atoms with Crippen LogP contribution in [0.15, 0.2) is 65.8 Å². The van der Waals surface area contributed by atoms with E-state index in [4.69, 9.17) is 0 Å². The Bertz CT molecular complexity index is 1200. The van der Waals surface area contributed by atoms with Crippen molar-refractivity contribution >= 4 is 27.7 Å². The molecule has 2 heterocycles. The monoisotopic (exact) mass is 344 g/mol. The summed E-state index contributed by atoms with van der Waals surface area (Å²) < 4.78 is 1.41. The molecule has 4 rings (SSSR count). The average Bonchev–Trinajstić information content (AvgIpc) is 2.68. The Kier molecular flexibility index (Phi) is 3.93. The lowest BCUT2D eigenvalue weighted by atomic mass is 10.1. The summed E-state index contributed by atoms with van der Waals surface area (Å²) in [4.78, 5) is 33.0. The van der Waals surface area contributed by atoms with Gasteiger partial charge in [-0.2, -0.15) is 0 Å². The number of carbonyl (C=O) groups excluding carboxylic acids is 1. The summed E-state index contributed by atoms with van der Waals surface area (Å²) in [5.74, 6) is -0.213. The standard InChI is InChI=1S/C20H16N4O2/c1-24-12-23-18-10-15(6-7-16(18)20(24)26)19(25)22-11-13-4-5-14-3-2-8-21-17(14)9-13/h2-10,12H,11H2,1H3,(H,22,25). The van der Waals surface area contributed by atoms with Gasteiger partial charge in [-0.15, -0.1) is 0 Å². The third-order valence-electron chi connectivity index (χ3n) is 4.30. The number of nitrogens with one attached hydrogen (secondary N) is 1. The van der Waals surface area contributed by atoms with Crippen molar-refractivity contribution in [2.45, 2.75) is 6.54 Å². The fourth-order valence-corrected chi connectivity index (χ4v) is 2.86. The van der Waals surface area contributed by atoms with E-state index in [1.54, 1.807) is 31.4 Å². The van der Waals surface area contributed by atoms with E-state index in [0.717, 1.165) is 16.5 Å². The Morgan fingerprint density at radius 2 is 1.96 bits per heavy atom. The highest BCUT2D eigenvalue weighted by molar-refractivity contribution is 5.97. The molecule has 0 unspecified atom stereocenters. The molecule has 0 aliphatic rings. The topological polar surface area (TPSA) is 76.9 Å². The van der Waals surface area contributed by atoms with Crippen LogP contribution in [-0.2, 0) is 13.6 Å². The van der Waals surface area contributed by atoms with Crippen molar-refractivity contribution in [1.29, 1.82) is 0 Å². The van der Waals surface area contributed by atoms with Gasteiger partial charge in [0, 0.05) is 30.7 Å².